The van der Waals surface area contributed by atoms with Gasteiger partial charge in [0.05, 0.1) is 6.04 Å². The van der Waals surface area contributed by atoms with Crippen LogP contribution in [0.15, 0.2) is 18.2 Å². The molecule has 0 radical (unpaired) electrons. The molecule has 2 aliphatic heterocycles. The van der Waals surface area contributed by atoms with E-state index in [2.05, 4.69) is 4.98 Å². The van der Waals surface area contributed by atoms with Crippen molar-refractivity contribution in [1.29, 1.82) is 0 Å². The van der Waals surface area contributed by atoms with E-state index in [1.165, 1.54) is 11.3 Å². The van der Waals surface area contributed by atoms with Crippen LogP contribution in [0.3, 0.4) is 0 Å². The average molecular weight is 242 g/mol. The van der Waals surface area contributed by atoms with Gasteiger partial charge in [-0.2, -0.15) is 0 Å². The summed E-state index contributed by atoms with van der Waals surface area (Å²) in [6, 6.07) is 5.64. The summed E-state index contributed by atoms with van der Waals surface area (Å²) in [5.74, 6) is 0.571. The Balaban J connectivity index is 1.94. The molecule has 2 N–H and O–H groups in total. The zero-order chi connectivity index (χ0) is 12.3. The highest BCUT2D eigenvalue weighted by Crippen LogP contribution is 2.41. The Labute approximate surface area is 104 Å². The first-order valence-electron chi connectivity index (χ1n) is 6.37. The molecule has 1 fully saturated rings. The van der Waals surface area contributed by atoms with Crippen molar-refractivity contribution in [3.05, 3.63) is 29.5 Å². The number of carbonyl (C=O) groups excluding carboxylic acids is 1. The number of amides is 1. The van der Waals surface area contributed by atoms with Gasteiger partial charge in [-0.1, -0.05) is 0 Å². The zero-order valence-electron chi connectivity index (χ0n) is 9.94. The van der Waals surface area contributed by atoms with Gasteiger partial charge in [0.1, 0.15) is 5.75 Å². The van der Waals surface area contributed by atoms with Crippen molar-refractivity contribution in [3.63, 3.8) is 0 Å². The number of benzene rings is 1. The van der Waals surface area contributed by atoms with Crippen molar-refractivity contribution in [2.75, 3.05) is 6.54 Å². The molecule has 4 heteroatoms. The van der Waals surface area contributed by atoms with Crippen molar-refractivity contribution in [2.24, 2.45) is 0 Å². The van der Waals surface area contributed by atoms with E-state index in [0.29, 0.717) is 12.2 Å². The normalized spacial score (nSPS) is 22.3. The molecule has 4 nitrogen and oxygen atoms in total. The van der Waals surface area contributed by atoms with Gasteiger partial charge >= 0.3 is 0 Å². The van der Waals surface area contributed by atoms with E-state index in [1.54, 1.807) is 6.07 Å². The lowest BCUT2D eigenvalue weighted by atomic mass is 9.98. The maximum absolute atomic E-state index is 11.8. The van der Waals surface area contributed by atoms with E-state index < -0.39 is 0 Å². The third kappa shape index (κ3) is 1.17. The summed E-state index contributed by atoms with van der Waals surface area (Å²) in [5.41, 5.74) is 3.50. The summed E-state index contributed by atoms with van der Waals surface area (Å²) in [4.78, 5) is 17.2. The summed E-state index contributed by atoms with van der Waals surface area (Å²) in [6.45, 7) is 0.805. The molecule has 1 aromatic carbocycles. The molecule has 1 atom stereocenters. The maximum atomic E-state index is 11.8. The number of hydrogen-bond acceptors (Lipinski definition) is 2. The first-order valence-corrected chi connectivity index (χ1v) is 6.37. The minimum atomic E-state index is 0.218. The lowest BCUT2D eigenvalue weighted by Crippen LogP contribution is -2.33. The molecule has 2 aromatic rings. The van der Waals surface area contributed by atoms with Crippen LogP contribution in [0.1, 0.15) is 30.1 Å². The Hall–Kier alpha value is -1.97. The Morgan fingerprint density at radius 2 is 2.22 bits per heavy atom. The van der Waals surface area contributed by atoms with Crippen LogP contribution in [0.4, 0.5) is 0 Å². The zero-order valence-corrected chi connectivity index (χ0v) is 9.94. The number of fused-ring (bicyclic) bond motifs is 5. The van der Waals surface area contributed by atoms with E-state index in [1.807, 2.05) is 17.0 Å². The standard InChI is InChI=1S/C14H14N2O2/c17-8-1-2-11-10(7-8)9-5-6-16-12(14(9)15-11)3-4-13(16)18/h1-2,7,12,15,17H,3-6H2/t12-/m0/s1. The van der Waals surface area contributed by atoms with Crippen LogP contribution < -0.4 is 0 Å². The van der Waals surface area contributed by atoms with Crippen LogP contribution in [0.2, 0.25) is 0 Å². The molecule has 2 aliphatic rings. The molecule has 18 heavy (non-hydrogen) atoms. The van der Waals surface area contributed by atoms with Gasteiger partial charge in [0.15, 0.2) is 0 Å². The fourth-order valence-electron chi connectivity index (χ4n) is 3.36. The molecular formula is C14H14N2O2. The summed E-state index contributed by atoms with van der Waals surface area (Å²) < 4.78 is 0. The fraction of sp³-hybridized carbons (Fsp3) is 0.357. The summed E-state index contributed by atoms with van der Waals surface area (Å²) in [6.07, 6.45) is 2.44. The first-order chi connectivity index (χ1) is 8.74. The van der Waals surface area contributed by atoms with Gasteiger partial charge in [-0.05, 0) is 36.6 Å². The van der Waals surface area contributed by atoms with Gasteiger partial charge in [-0.25, -0.2) is 0 Å². The number of aromatic nitrogens is 1. The van der Waals surface area contributed by atoms with Crippen LogP contribution in [0.25, 0.3) is 10.9 Å². The third-order valence-corrected chi connectivity index (χ3v) is 4.19. The van der Waals surface area contributed by atoms with Gasteiger partial charge in [0.25, 0.3) is 0 Å². The highest BCUT2D eigenvalue weighted by atomic mass is 16.3. The van der Waals surface area contributed by atoms with Crippen molar-refractivity contribution in [3.8, 4) is 5.75 Å². The molecule has 4 rings (SSSR count). The van der Waals surface area contributed by atoms with Crippen LogP contribution >= 0.6 is 0 Å². The molecular weight excluding hydrogens is 228 g/mol. The molecule has 92 valence electrons. The minimum Gasteiger partial charge on any atom is -0.508 e. The Kier molecular flexibility index (Phi) is 1.82. The predicted molar refractivity (Wildman–Crippen MR) is 67.4 cm³/mol. The van der Waals surface area contributed by atoms with Crippen LogP contribution in [0.5, 0.6) is 5.75 Å². The third-order valence-electron chi connectivity index (χ3n) is 4.19. The number of aromatic hydroxyl groups is 1. The van der Waals surface area contributed by atoms with E-state index in [0.717, 1.165) is 30.3 Å². The first kappa shape index (κ1) is 10.00. The molecule has 0 aliphatic carbocycles. The second-order valence-corrected chi connectivity index (χ2v) is 5.14. The number of aromatic amines is 1. The van der Waals surface area contributed by atoms with E-state index >= 15 is 0 Å². The van der Waals surface area contributed by atoms with Crippen molar-refractivity contribution >= 4 is 16.8 Å². The van der Waals surface area contributed by atoms with E-state index in [-0.39, 0.29) is 11.9 Å². The number of hydrogen-bond donors (Lipinski definition) is 2. The highest BCUT2D eigenvalue weighted by molar-refractivity contribution is 5.88. The Bertz CT molecular complexity index is 659. The number of nitrogens with one attached hydrogen (secondary N) is 1. The number of H-pyrrole nitrogens is 1. The topological polar surface area (TPSA) is 56.3 Å². The quantitative estimate of drug-likeness (QED) is 0.743. The van der Waals surface area contributed by atoms with Crippen molar-refractivity contribution in [1.82, 2.24) is 9.88 Å². The van der Waals surface area contributed by atoms with Crippen LogP contribution in [0, 0.1) is 0 Å². The lowest BCUT2D eigenvalue weighted by Gasteiger charge is -2.29. The average Bonchev–Trinajstić information content (AvgIpc) is 2.90. The molecule has 0 unspecified atom stereocenters. The van der Waals surface area contributed by atoms with Gasteiger partial charge < -0.3 is 15.0 Å². The second kappa shape index (κ2) is 3.28. The Morgan fingerprint density at radius 3 is 3.11 bits per heavy atom. The van der Waals surface area contributed by atoms with Crippen LogP contribution in [-0.4, -0.2) is 27.4 Å². The van der Waals surface area contributed by atoms with E-state index in [4.69, 9.17) is 0 Å². The minimum absolute atomic E-state index is 0.218. The van der Waals surface area contributed by atoms with Gasteiger partial charge in [-0.15, -0.1) is 0 Å². The number of phenols is 1. The summed E-state index contributed by atoms with van der Waals surface area (Å²) in [7, 11) is 0. The molecule has 0 saturated carbocycles. The Morgan fingerprint density at radius 1 is 1.33 bits per heavy atom. The highest BCUT2D eigenvalue weighted by Gasteiger charge is 2.37. The summed E-state index contributed by atoms with van der Waals surface area (Å²) >= 11 is 0. The van der Waals surface area contributed by atoms with E-state index in [9.17, 15) is 9.90 Å². The lowest BCUT2D eigenvalue weighted by molar-refractivity contribution is -0.129. The largest absolute Gasteiger partial charge is 0.508 e. The SMILES string of the molecule is O=C1CC[C@H]2c3[nH]c4ccc(O)cc4c3CCN12. The number of phenolic OH excluding ortho intramolecular Hbond substituents is 1. The van der Waals surface area contributed by atoms with Crippen molar-refractivity contribution in [2.45, 2.75) is 25.3 Å². The summed E-state index contributed by atoms with van der Waals surface area (Å²) in [5, 5.41) is 10.7. The molecule has 0 spiro atoms. The molecule has 1 saturated heterocycles. The maximum Gasteiger partial charge on any atom is 0.223 e. The number of rotatable bonds is 0. The van der Waals surface area contributed by atoms with Gasteiger partial charge in [0, 0.05) is 29.6 Å². The fourth-order valence-corrected chi connectivity index (χ4v) is 3.36. The van der Waals surface area contributed by atoms with Crippen molar-refractivity contribution < 1.29 is 9.90 Å². The second-order valence-electron chi connectivity index (χ2n) is 5.14. The number of nitrogens with zero attached hydrogens (tertiary/aromatic N) is 1. The molecule has 1 aromatic heterocycles. The molecule has 3 heterocycles. The van der Waals surface area contributed by atoms with Crippen LogP contribution in [-0.2, 0) is 11.2 Å². The van der Waals surface area contributed by atoms with Gasteiger partial charge in [-0.3, -0.25) is 4.79 Å². The predicted octanol–water partition coefficient (Wildman–Crippen LogP) is 2.09. The smallest absolute Gasteiger partial charge is 0.223 e. The van der Waals surface area contributed by atoms with Gasteiger partial charge in [0.2, 0.25) is 5.91 Å². The monoisotopic (exact) mass is 242 g/mol. The number of carbonyl (C=O) groups is 1. The molecule has 1 amide bonds. The molecule has 0 bridgehead atoms.